The topological polar surface area (TPSA) is 40.6 Å². The number of likely N-dealkylation sites (N-methyl/N-ethyl adjacent to an activating group) is 1. The lowest BCUT2D eigenvalue weighted by atomic mass is 10.2. The summed E-state index contributed by atoms with van der Waals surface area (Å²) in [7, 11) is 0. The molecule has 0 aliphatic heterocycles. The third-order valence-corrected chi connectivity index (χ3v) is 2.95. The van der Waals surface area contributed by atoms with Crippen LogP contribution in [0.15, 0.2) is 30.3 Å². The molecule has 4 heteroatoms. The van der Waals surface area contributed by atoms with Gasteiger partial charge in [0.05, 0.1) is 0 Å². The molecular weight excluding hydrogens is 240 g/mol. The van der Waals surface area contributed by atoms with Gasteiger partial charge in [0.1, 0.15) is 6.54 Å². The molecule has 0 radical (unpaired) electrons. The van der Waals surface area contributed by atoms with E-state index in [4.69, 9.17) is 0 Å². The third-order valence-electron chi connectivity index (χ3n) is 2.95. The van der Waals surface area contributed by atoms with Crippen molar-refractivity contribution in [3.8, 4) is 0 Å². The predicted molar refractivity (Wildman–Crippen MR) is 77.0 cm³/mol. The van der Waals surface area contributed by atoms with Crippen LogP contribution in [0.2, 0.25) is 0 Å². The van der Waals surface area contributed by atoms with E-state index in [0.717, 1.165) is 12.1 Å². The van der Waals surface area contributed by atoms with Gasteiger partial charge < -0.3 is 9.80 Å². The Kier molecular flexibility index (Phi) is 6.06. The van der Waals surface area contributed by atoms with Gasteiger partial charge in [-0.1, -0.05) is 25.1 Å². The van der Waals surface area contributed by atoms with Gasteiger partial charge in [0, 0.05) is 25.7 Å². The van der Waals surface area contributed by atoms with E-state index in [0.29, 0.717) is 13.1 Å². The van der Waals surface area contributed by atoms with Gasteiger partial charge in [-0.3, -0.25) is 9.59 Å². The SMILES string of the molecule is CCCN(CC(=O)N(CC)c1ccccc1)C(C)=O. The van der Waals surface area contributed by atoms with Crippen LogP contribution in [0.1, 0.15) is 27.2 Å². The first-order chi connectivity index (χ1) is 9.10. The van der Waals surface area contributed by atoms with Crippen LogP contribution in [0.3, 0.4) is 0 Å². The molecule has 0 spiro atoms. The molecule has 0 fully saturated rings. The minimum atomic E-state index is -0.0562. The lowest BCUT2D eigenvalue weighted by Crippen LogP contribution is -2.42. The molecule has 2 amide bonds. The van der Waals surface area contributed by atoms with Gasteiger partial charge in [-0.25, -0.2) is 0 Å². The summed E-state index contributed by atoms with van der Waals surface area (Å²) in [5.41, 5.74) is 0.870. The van der Waals surface area contributed by atoms with Gasteiger partial charge in [-0.15, -0.1) is 0 Å². The summed E-state index contributed by atoms with van der Waals surface area (Å²) in [5, 5.41) is 0. The van der Waals surface area contributed by atoms with Crippen LogP contribution < -0.4 is 4.90 Å². The van der Waals surface area contributed by atoms with E-state index >= 15 is 0 Å². The Morgan fingerprint density at radius 3 is 2.21 bits per heavy atom. The number of anilines is 1. The lowest BCUT2D eigenvalue weighted by molar-refractivity contribution is -0.133. The van der Waals surface area contributed by atoms with Crippen molar-refractivity contribution in [3.05, 3.63) is 30.3 Å². The van der Waals surface area contributed by atoms with E-state index in [-0.39, 0.29) is 18.4 Å². The highest BCUT2D eigenvalue weighted by molar-refractivity contribution is 5.96. The monoisotopic (exact) mass is 262 g/mol. The van der Waals surface area contributed by atoms with Crippen molar-refractivity contribution in [1.29, 1.82) is 0 Å². The predicted octanol–water partition coefficient (Wildman–Crippen LogP) is 2.30. The molecule has 1 aromatic carbocycles. The molecule has 0 saturated heterocycles. The fraction of sp³-hybridized carbons (Fsp3) is 0.467. The number of carbonyl (C=O) groups is 2. The van der Waals surface area contributed by atoms with Crippen molar-refractivity contribution in [2.75, 3.05) is 24.5 Å². The number of amides is 2. The van der Waals surface area contributed by atoms with E-state index in [1.807, 2.05) is 44.2 Å². The number of hydrogen-bond acceptors (Lipinski definition) is 2. The van der Waals surface area contributed by atoms with Crippen molar-refractivity contribution in [2.45, 2.75) is 27.2 Å². The fourth-order valence-corrected chi connectivity index (χ4v) is 1.98. The zero-order valence-electron chi connectivity index (χ0n) is 11.9. The molecule has 4 nitrogen and oxygen atoms in total. The van der Waals surface area contributed by atoms with Gasteiger partial charge in [0.15, 0.2) is 0 Å². The average molecular weight is 262 g/mol. The summed E-state index contributed by atoms with van der Waals surface area (Å²) < 4.78 is 0. The van der Waals surface area contributed by atoms with Gasteiger partial charge in [-0.2, -0.15) is 0 Å². The van der Waals surface area contributed by atoms with Crippen LogP contribution in [0.4, 0.5) is 5.69 Å². The maximum Gasteiger partial charge on any atom is 0.246 e. The molecule has 0 aromatic heterocycles. The molecule has 1 aromatic rings. The zero-order chi connectivity index (χ0) is 14.3. The molecule has 0 saturated carbocycles. The molecule has 0 atom stereocenters. The summed E-state index contributed by atoms with van der Waals surface area (Å²) >= 11 is 0. The van der Waals surface area contributed by atoms with Crippen LogP contribution in [-0.4, -0.2) is 36.3 Å². The maximum atomic E-state index is 12.3. The lowest BCUT2D eigenvalue weighted by Gasteiger charge is -2.26. The number of para-hydroxylation sites is 1. The van der Waals surface area contributed by atoms with E-state index in [2.05, 4.69) is 0 Å². The molecule has 1 rings (SSSR count). The van der Waals surface area contributed by atoms with Gasteiger partial charge >= 0.3 is 0 Å². The van der Waals surface area contributed by atoms with Crippen LogP contribution >= 0.6 is 0 Å². The Labute approximate surface area is 115 Å². The van der Waals surface area contributed by atoms with Crippen molar-refractivity contribution < 1.29 is 9.59 Å². The van der Waals surface area contributed by atoms with Gasteiger partial charge in [0.2, 0.25) is 11.8 Å². The van der Waals surface area contributed by atoms with Crippen LogP contribution in [0.25, 0.3) is 0 Å². The molecular formula is C15H22N2O2. The van der Waals surface area contributed by atoms with E-state index < -0.39 is 0 Å². The minimum absolute atomic E-state index is 0.0441. The summed E-state index contributed by atoms with van der Waals surface area (Å²) in [6, 6.07) is 9.53. The Morgan fingerprint density at radius 2 is 1.74 bits per heavy atom. The van der Waals surface area contributed by atoms with Crippen LogP contribution in [0.5, 0.6) is 0 Å². The second-order valence-corrected chi connectivity index (χ2v) is 4.41. The van der Waals surface area contributed by atoms with Crippen molar-refractivity contribution in [1.82, 2.24) is 4.90 Å². The normalized spacial score (nSPS) is 10.1. The highest BCUT2D eigenvalue weighted by Gasteiger charge is 2.18. The Morgan fingerprint density at radius 1 is 1.11 bits per heavy atom. The highest BCUT2D eigenvalue weighted by Crippen LogP contribution is 2.13. The summed E-state index contributed by atoms with van der Waals surface area (Å²) in [6.45, 7) is 6.79. The minimum Gasteiger partial charge on any atom is -0.334 e. The van der Waals surface area contributed by atoms with E-state index in [1.165, 1.54) is 6.92 Å². The Hall–Kier alpha value is -1.84. The van der Waals surface area contributed by atoms with Crippen LogP contribution in [0, 0.1) is 0 Å². The van der Waals surface area contributed by atoms with Crippen LogP contribution in [-0.2, 0) is 9.59 Å². The van der Waals surface area contributed by atoms with Crippen molar-refractivity contribution in [3.63, 3.8) is 0 Å². The zero-order valence-corrected chi connectivity index (χ0v) is 11.9. The fourth-order valence-electron chi connectivity index (χ4n) is 1.98. The van der Waals surface area contributed by atoms with E-state index in [1.54, 1.807) is 9.80 Å². The van der Waals surface area contributed by atoms with Crippen molar-refractivity contribution >= 4 is 17.5 Å². The largest absolute Gasteiger partial charge is 0.334 e. The second kappa shape index (κ2) is 7.56. The van der Waals surface area contributed by atoms with Gasteiger partial charge in [-0.05, 0) is 25.5 Å². The van der Waals surface area contributed by atoms with E-state index in [9.17, 15) is 9.59 Å². The molecule has 0 aliphatic rings. The smallest absolute Gasteiger partial charge is 0.246 e. The summed E-state index contributed by atoms with van der Waals surface area (Å²) in [6.07, 6.45) is 0.852. The van der Waals surface area contributed by atoms with Crippen molar-refractivity contribution in [2.24, 2.45) is 0 Å². The molecule has 0 bridgehead atoms. The molecule has 0 unspecified atom stereocenters. The quantitative estimate of drug-likeness (QED) is 0.789. The number of rotatable bonds is 6. The summed E-state index contributed by atoms with van der Waals surface area (Å²) in [4.78, 5) is 27.1. The first-order valence-electron chi connectivity index (χ1n) is 6.71. The third kappa shape index (κ3) is 4.39. The molecule has 0 heterocycles. The number of hydrogen-bond donors (Lipinski definition) is 0. The molecule has 104 valence electrons. The maximum absolute atomic E-state index is 12.3. The second-order valence-electron chi connectivity index (χ2n) is 4.41. The van der Waals surface area contributed by atoms with Gasteiger partial charge in [0.25, 0.3) is 0 Å². The number of benzene rings is 1. The first-order valence-corrected chi connectivity index (χ1v) is 6.71. The molecule has 0 aliphatic carbocycles. The average Bonchev–Trinajstić information content (AvgIpc) is 2.40. The standard InChI is InChI=1S/C15H22N2O2/c1-4-11-16(13(3)18)12-15(19)17(5-2)14-9-7-6-8-10-14/h6-10H,4-5,11-12H2,1-3H3. The number of nitrogens with zero attached hydrogens (tertiary/aromatic N) is 2. The Balaban J connectivity index is 2.76. The molecule has 0 N–H and O–H groups in total. The first kappa shape index (κ1) is 15.2. The Bertz CT molecular complexity index is 417. The molecule has 19 heavy (non-hydrogen) atoms. The summed E-state index contributed by atoms with van der Waals surface area (Å²) in [5.74, 6) is -0.100. The number of carbonyl (C=O) groups excluding carboxylic acids is 2. The highest BCUT2D eigenvalue weighted by atomic mass is 16.2.